The van der Waals surface area contributed by atoms with E-state index in [1.807, 2.05) is 0 Å². The van der Waals surface area contributed by atoms with Gasteiger partial charge in [0.2, 0.25) is 0 Å². The van der Waals surface area contributed by atoms with Gasteiger partial charge in [-0.15, -0.1) is 0 Å². The molecule has 0 aromatic heterocycles. The van der Waals surface area contributed by atoms with Crippen LogP contribution in [-0.2, 0) is 0 Å². The molecule has 1 fully saturated rings. The summed E-state index contributed by atoms with van der Waals surface area (Å²) in [5.41, 5.74) is 0. The summed E-state index contributed by atoms with van der Waals surface area (Å²) in [6, 6.07) is 1.68. The molecular weight excluding hydrogens is 100 g/mol. The van der Waals surface area contributed by atoms with E-state index in [-0.39, 0.29) is 0 Å². The van der Waals surface area contributed by atoms with Crippen LogP contribution in [0.4, 0.5) is 0 Å². The Hall–Kier alpha value is -0.0800. The topological polar surface area (TPSA) is 33.2 Å². The highest BCUT2D eigenvalue weighted by Crippen LogP contribution is 1.71. The van der Waals surface area contributed by atoms with Crippen LogP contribution in [0.5, 0.6) is 0 Å². The van der Waals surface area contributed by atoms with E-state index in [9.17, 15) is 0 Å². The van der Waals surface area contributed by atoms with Crippen molar-refractivity contribution in [1.29, 1.82) is 0 Å². The van der Waals surface area contributed by atoms with E-state index < -0.39 is 0 Å². The molecular formula is C6H16N2+2. The minimum absolute atomic E-state index is 0.839. The van der Waals surface area contributed by atoms with E-state index in [0.717, 1.165) is 12.1 Å². The SMILES string of the molecule is C[C@@H]1C[NH2+][C@@H](C)C[NH2+]1. The fourth-order valence-electron chi connectivity index (χ4n) is 1.09. The molecule has 0 spiro atoms. The predicted octanol–water partition coefficient (Wildman–Crippen LogP) is -2.10. The number of piperazine rings is 1. The van der Waals surface area contributed by atoms with Gasteiger partial charge in [-0.1, -0.05) is 0 Å². The van der Waals surface area contributed by atoms with Crippen LogP contribution in [0, 0.1) is 0 Å². The summed E-state index contributed by atoms with van der Waals surface area (Å²) in [6.45, 7) is 7.15. The van der Waals surface area contributed by atoms with Gasteiger partial charge in [0, 0.05) is 0 Å². The molecule has 0 radical (unpaired) electrons. The van der Waals surface area contributed by atoms with Crippen LogP contribution >= 0.6 is 0 Å². The molecule has 0 aromatic carbocycles. The van der Waals surface area contributed by atoms with Crippen molar-refractivity contribution in [3.05, 3.63) is 0 Å². The van der Waals surface area contributed by atoms with Crippen LogP contribution in [0.3, 0.4) is 0 Å². The van der Waals surface area contributed by atoms with Crippen molar-refractivity contribution in [1.82, 2.24) is 0 Å². The number of rotatable bonds is 0. The first kappa shape index (κ1) is 6.05. The third-order valence-electron chi connectivity index (χ3n) is 1.82. The molecule has 1 aliphatic rings. The molecule has 0 saturated carbocycles. The Balaban J connectivity index is 2.19. The largest absolute Gasteiger partial charge is 0.334 e. The first-order valence-corrected chi connectivity index (χ1v) is 3.45. The summed E-state index contributed by atoms with van der Waals surface area (Å²) in [5.74, 6) is 0. The van der Waals surface area contributed by atoms with E-state index in [4.69, 9.17) is 0 Å². The van der Waals surface area contributed by atoms with E-state index in [0.29, 0.717) is 0 Å². The van der Waals surface area contributed by atoms with Gasteiger partial charge in [0.15, 0.2) is 0 Å². The zero-order chi connectivity index (χ0) is 5.98. The van der Waals surface area contributed by atoms with E-state index >= 15 is 0 Å². The normalized spacial score (nSPS) is 39.8. The van der Waals surface area contributed by atoms with Gasteiger partial charge in [0.1, 0.15) is 25.2 Å². The second-order valence-electron chi connectivity index (χ2n) is 2.90. The molecule has 1 saturated heterocycles. The molecule has 0 unspecified atom stereocenters. The quantitative estimate of drug-likeness (QED) is 0.364. The average Bonchev–Trinajstić information content (AvgIpc) is 1.77. The summed E-state index contributed by atoms with van der Waals surface area (Å²) in [5, 5.41) is 4.84. The lowest BCUT2D eigenvalue weighted by Gasteiger charge is -2.19. The first-order chi connectivity index (χ1) is 3.79. The average molecular weight is 116 g/mol. The van der Waals surface area contributed by atoms with Crippen molar-refractivity contribution in [2.45, 2.75) is 25.9 Å². The van der Waals surface area contributed by atoms with Gasteiger partial charge < -0.3 is 10.6 Å². The van der Waals surface area contributed by atoms with Crippen LogP contribution < -0.4 is 10.6 Å². The van der Waals surface area contributed by atoms with Crippen LogP contribution in [0.15, 0.2) is 0 Å². The van der Waals surface area contributed by atoms with Crippen LogP contribution in [0.1, 0.15) is 13.8 Å². The van der Waals surface area contributed by atoms with Gasteiger partial charge in [-0.05, 0) is 13.8 Å². The summed E-state index contributed by atoms with van der Waals surface area (Å²) in [7, 11) is 0. The fourth-order valence-corrected chi connectivity index (χ4v) is 1.09. The third kappa shape index (κ3) is 1.46. The summed E-state index contributed by atoms with van der Waals surface area (Å²) in [4.78, 5) is 0. The minimum Gasteiger partial charge on any atom is -0.334 e. The van der Waals surface area contributed by atoms with E-state index in [1.165, 1.54) is 13.1 Å². The van der Waals surface area contributed by atoms with Gasteiger partial charge >= 0.3 is 0 Å². The van der Waals surface area contributed by atoms with Gasteiger partial charge in [0.25, 0.3) is 0 Å². The van der Waals surface area contributed by atoms with Gasteiger partial charge in [-0.25, -0.2) is 0 Å². The number of nitrogens with two attached hydrogens (primary N) is 2. The van der Waals surface area contributed by atoms with Gasteiger partial charge in [-0.2, -0.15) is 0 Å². The molecule has 0 bridgehead atoms. The molecule has 0 aliphatic carbocycles. The molecule has 1 aliphatic heterocycles. The lowest BCUT2D eigenvalue weighted by molar-refractivity contribution is -0.828. The second kappa shape index (κ2) is 2.46. The highest BCUT2D eigenvalue weighted by Gasteiger charge is 2.18. The van der Waals surface area contributed by atoms with Crippen molar-refractivity contribution in [3.63, 3.8) is 0 Å². The molecule has 0 aromatic rings. The van der Waals surface area contributed by atoms with Crippen LogP contribution in [0.2, 0.25) is 0 Å². The Kier molecular flexibility index (Phi) is 1.86. The maximum atomic E-state index is 2.42. The monoisotopic (exact) mass is 116 g/mol. The Morgan fingerprint density at radius 3 is 1.62 bits per heavy atom. The second-order valence-corrected chi connectivity index (χ2v) is 2.90. The molecule has 4 N–H and O–H groups in total. The minimum atomic E-state index is 0.839. The van der Waals surface area contributed by atoms with Crippen molar-refractivity contribution in [2.75, 3.05) is 13.1 Å². The van der Waals surface area contributed by atoms with Gasteiger partial charge in [-0.3, -0.25) is 0 Å². The molecule has 48 valence electrons. The smallest absolute Gasteiger partial charge is 0.133 e. The zero-order valence-corrected chi connectivity index (χ0v) is 5.72. The highest BCUT2D eigenvalue weighted by atomic mass is 15.1. The Labute approximate surface area is 50.7 Å². The van der Waals surface area contributed by atoms with Crippen molar-refractivity contribution >= 4 is 0 Å². The molecule has 1 rings (SSSR count). The Bertz CT molecular complexity index is 54.9. The van der Waals surface area contributed by atoms with Crippen LogP contribution in [-0.4, -0.2) is 25.2 Å². The van der Waals surface area contributed by atoms with Crippen molar-refractivity contribution in [3.8, 4) is 0 Å². The number of quaternary nitrogens is 2. The molecule has 0 amide bonds. The number of hydrogen-bond donors (Lipinski definition) is 2. The predicted molar refractivity (Wildman–Crippen MR) is 32.5 cm³/mol. The lowest BCUT2D eigenvalue weighted by atomic mass is 10.2. The fraction of sp³-hybridized carbons (Fsp3) is 1.00. The maximum absolute atomic E-state index is 2.42. The Morgan fingerprint density at radius 1 is 1.00 bits per heavy atom. The molecule has 2 atom stereocenters. The van der Waals surface area contributed by atoms with E-state index in [2.05, 4.69) is 24.5 Å². The maximum Gasteiger partial charge on any atom is 0.133 e. The zero-order valence-electron chi connectivity index (χ0n) is 5.72. The summed E-state index contributed by atoms with van der Waals surface area (Å²) < 4.78 is 0. The summed E-state index contributed by atoms with van der Waals surface area (Å²) >= 11 is 0. The Morgan fingerprint density at radius 2 is 1.38 bits per heavy atom. The van der Waals surface area contributed by atoms with Crippen LogP contribution in [0.25, 0.3) is 0 Å². The highest BCUT2D eigenvalue weighted by molar-refractivity contribution is 4.47. The number of hydrogen-bond acceptors (Lipinski definition) is 0. The molecule has 8 heavy (non-hydrogen) atoms. The third-order valence-corrected chi connectivity index (χ3v) is 1.82. The lowest BCUT2D eigenvalue weighted by Crippen LogP contribution is -3.10. The summed E-state index contributed by atoms with van der Waals surface area (Å²) in [6.07, 6.45) is 0. The first-order valence-electron chi connectivity index (χ1n) is 3.45. The van der Waals surface area contributed by atoms with Crippen molar-refractivity contribution < 1.29 is 10.6 Å². The molecule has 2 nitrogen and oxygen atoms in total. The molecule has 1 heterocycles. The van der Waals surface area contributed by atoms with Crippen molar-refractivity contribution in [2.24, 2.45) is 0 Å². The molecule has 2 heteroatoms. The van der Waals surface area contributed by atoms with Gasteiger partial charge in [0.05, 0.1) is 0 Å². The van der Waals surface area contributed by atoms with E-state index in [1.54, 1.807) is 0 Å². The standard InChI is InChI=1S/C6H14N2/c1-5-3-8-6(2)4-7-5/h5-8H,3-4H2,1-2H3/p+2/t5-,6+.